The lowest BCUT2D eigenvalue weighted by molar-refractivity contribution is 0.372. The summed E-state index contributed by atoms with van der Waals surface area (Å²) in [6, 6.07) is 10.4. The zero-order chi connectivity index (χ0) is 22.3. The Labute approximate surface area is 195 Å². The Morgan fingerprint density at radius 2 is 1.81 bits per heavy atom. The molecule has 0 radical (unpaired) electrons. The fourth-order valence-electron chi connectivity index (χ4n) is 3.10. The number of oxazole rings is 1. The van der Waals surface area contributed by atoms with E-state index in [2.05, 4.69) is 41.8 Å². The van der Waals surface area contributed by atoms with Crippen LogP contribution >= 0.6 is 31.9 Å². The maximum Gasteiger partial charge on any atom is 0.231 e. The molecule has 0 saturated carbocycles. The first-order chi connectivity index (χ1) is 14.8. The molecule has 0 aliphatic carbocycles. The van der Waals surface area contributed by atoms with Crippen molar-refractivity contribution in [3.05, 3.63) is 62.0 Å². The highest BCUT2D eigenvalue weighted by atomic mass is 79.9. The Bertz CT molecular complexity index is 1310. The summed E-state index contributed by atoms with van der Waals surface area (Å²) in [5, 5.41) is 20.8. The number of ether oxygens (including phenoxy) is 1. The minimum absolute atomic E-state index is 0.0344. The van der Waals surface area contributed by atoms with Gasteiger partial charge in [0.1, 0.15) is 11.3 Å². The van der Waals surface area contributed by atoms with E-state index >= 15 is 0 Å². The third kappa shape index (κ3) is 4.05. The van der Waals surface area contributed by atoms with Gasteiger partial charge in [-0.05, 0) is 93.2 Å². The second-order valence-corrected chi connectivity index (χ2v) is 8.67. The van der Waals surface area contributed by atoms with Gasteiger partial charge in [0, 0.05) is 15.2 Å². The van der Waals surface area contributed by atoms with Gasteiger partial charge in [-0.3, -0.25) is 4.99 Å². The van der Waals surface area contributed by atoms with Crippen molar-refractivity contribution in [2.75, 3.05) is 7.11 Å². The number of methoxy groups -OCH3 is 1. The van der Waals surface area contributed by atoms with Crippen molar-refractivity contribution in [1.82, 2.24) is 4.98 Å². The van der Waals surface area contributed by atoms with Crippen LogP contribution in [0.3, 0.4) is 0 Å². The van der Waals surface area contributed by atoms with Crippen molar-refractivity contribution in [3.8, 4) is 28.7 Å². The van der Waals surface area contributed by atoms with Crippen LogP contribution in [0.15, 0.2) is 54.8 Å². The largest absolute Gasteiger partial charge is 0.507 e. The van der Waals surface area contributed by atoms with Crippen LogP contribution in [0.25, 0.3) is 22.6 Å². The summed E-state index contributed by atoms with van der Waals surface area (Å²) < 4.78 is 12.4. The third-order valence-electron chi connectivity index (χ3n) is 4.97. The van der Waals surface area contributed by atoms with E-state index in [0.717, 1.165) is 16.6 Å². The van der Waals surface area contributed by atoms with Gasteiger partial charge in [0.15, 0.2) is 17.1 Å². The Morgan fingerprint density at radius 3 is 2.55 bits per heavy atom. The zero-order valence-electron chi connectivity index (χ0n) is 16.9. The second kappa shape index (κ2) is 8.36. The Morgan fingerprint density at radius 1 is 1.06 bits per heavy atom. The monoisotopic (exact) mass is 544 g/mol. The minimum atomic E-state index is -0.0370. The van der Waals surface area contributed by atoms with E-state index in [1.54, 1.807) is 18.2 Å². The van der Waals surface area contributed by atoms with Crippen molar-refractivity contribution in [3.63, 3.8) is 0 Å². The van der Waals surface area contributed by atoms with E-state index in [-0.39, 0.29) is 11.5 Å². The van der Waals surface area contributed by atoms with Crippen molar-refractivity contribution in [1.29, 1.82) is 0 Å². The number of nitrogens with zero attached hydrogens (tertiary/aromatic N) is 2. The number of aromatic hydroxyl groups is 2. The van der Waals surface area contributed by atoms with E-state index in [4.69, 9.17) is 9.15 Å². The normalized spacial score (nSPS) is 11.5. The zero-order valence-corrected chi connectivity index (χ0v) is 20.1. The fraction of sp³-hybridized carbons (Fsp3) is 0.130. The first kappa shape index (κ1) is 21.4. The number of halogens is 2. The molecule has 4 rings (SSSR count). The summed E-state index contributed by atoms with van der Waals surface area (Å²) in [5.74, 6) is 0.625. The average molecular weight is 546 g/mol. The molecule has 0 atom stereocenters. The van der Waals surface area contributed by atoms with Crippen LogP contribution in [-0.4, -0.2) is 28.5 Å². The number of hydrogen-bond acceptors (Lipinski definition) is 6. The van der Waals surface area contributed by atoms with Gasteiger partial charge in [-0.2, -0.15) is 0 Å². The van der Waals surface area contributed by atoms with Gasteiger partial charge in [0.25, 0.3) is 0 Å². The average Bonchev–Trinajstić information content (AvgIpc) is 3.14. The highest BCUT2D eigenvalue weighted by Gasteiger charge is 2.16. The second-order valence-electron chi connectivity index (χ2n) is 7.02. The molecule has 158 valence electrons. The molecule has 0 aliphatic heterocycles. The van der Waals surface area contributed by atoms with Gasteiger partial charge in [0.2, 0.25) is 5.89 Å². The summed E-state index contributed by atoms with van der Waals surface area (Å²) in [7, 11) is 1.48. The summed E-state index contributed by atoms with van der Waals surface area (Å²) in [6.45, 7) is 4.02. The summed E-state index contributed by atoms with van der Waals surface area (Å²) in [5.41, 5.74) is 5.03. The summed E-state index contributed by atoms with van der Waals surface area (Å²) in [6.07, 6.45) is 1.52. The van der Waals surface area contributed by atoms with Gasteiger partial charge >= 0.3 is 0 Å². The third-order valence-corrected chi connectivity index (χ3v) is 6.98. The molecule has 0 unspecified atom stereocenters. The van der Waals surface area contributed by atoms with Crippen LogP contribution in [-0.2, 0) is 0 Å². The Kier molecular flexibility index (Phi) is 5.77. The van der Waals surface area contributed by atoms with Crippen molar-refractivity contribution < 1.29 is 19.4 Å². The van der Waals surface area contributed by atoms with E-state index in [1.165, 1.54) is 19.4 Å². The molecule has 31 heavy (non-hydrogen) atoms. The molecule has 2 N–H and O–H groups in total. The number of phenolic OH excluding ortho intramolecular Hbond substituents is 2. The van der Waals surface area contributed by atoms with Crippen molar-refractivity contribution in [2.24, 2.45) is 4.99 Å². The molecule has 6 nitrogen and oxygen atoms in total. The van der Waals surface area contributed by atoms with Gasteiger partial charge in [-0.15, -0.1) is 0 Å². The summed E-state index contributed by atoms with van der Waals surface area (Å²) >= 11 is 6.87. The lowest BCUT2D eigenvalue weighted by atomic mass is 10.1. The van der Waals surface area contributed by atoms with Crippen LogP contribution in [0.2, 0.25) is 0 Å². The SMILES string of the molecule is COc1cc(Br)c(Br)c(C=Nc2ccc(O)c(-c3nc4cc(C)c(C)cc4o3)c2)c1O. The highest BCUT2D eigenvalue weighted by molar-refractivity contribution is 9.13. The molecule has 0 fully saturated rings. The van der Waals surface area contributed by atoms with Crippen LogP contribution < -0.4 is 4.74 Å². The molecular weight excluding hydrogens is 528 g/mol. The van der Waals surface area contributed by atoms with E-state index in [9.17, 15) is 10.2 Å². The predicted molar refractivity (Wildman–Crippen MR) is 128 cm³/mol. The van der Waals surface area contributed by atoms with Crippen LogP contribution in [0, 0.1) is 13.8 Å². The standard InChI is InChI=1S/C23H18Br2N2O4/c1-11-6-17-19(7-12(11)2)31-23(27-17)14-8-13(4-5-18(14)28)26-10-15-21(25)16(24)9-20(30-3)22(15)29/h4-10,28-29H,1-3H3. The van der Waals surface area contributed by atoms with Crippen LogP contribution in [0.5, 0.6) is 17.2 Å². The molecule has 0 aliphatic rings. The Balaban J connectivity index is 1.75. The number of benzene rings is 3. The van der Waals surface area contributed by atoms with Crippen LogP contribution in [0.1, 0.15) is 16.7 Å². The molecule has 0 amide bonds. The van der Waals surface area contributed by atoms with E-state index in [0.29, 0.717) is 43.0 Å². The molecule has 0 spiro atoms. The first-order valence-corrected chi connectivity index (χ1v) is 10.9. The molecule has 4 aromatic rings. The number of aryl methyl sites for hydroxylation is 2. The van der Waals surface area contributed by atoms with E-state index in [1.807, 2.05) is 26.0 Å². The van der Waals surface area contributed by atoms with Crippen molar-refractivity contribution in [2.45, 2.75) is 13.8 Å². The lowest BCUT2D eigenvalue weighted by Crippen LogP contribution is -1.92. The summed E-state index contributed by atoms with van der Waals surface area (Å²) in [4.78, 5) is 8.97. The van der Waals surface area contributed by atoms with Gasteiger partial charge in [0.05, 0.1) is 23.9 Å². The number of phenols is 2. The number of fused-ring (bicyclic) bond motifs is 1. The number of rotatable bonds is 4. The molecule has 8 heteroatoms. The first-order valence-electron chi connectivity index (χ1n) is 9.28. The Hall–Kier alpha value is -2.84. The smallest absolute Gasteiger partial charge is 0.231 e. The predicted octanol–water partition coefficient (Wildman–Crippen LogP) is 6.81. The fourth-order valence-corrected chi connectivity index (χ4v) is 3.92. The molecule has 3 aromatic carbocycles. The van der Waals surface area contributed by atoms with Gasteiger partial charge in [-0.1, -0.05) is 0 Å². The van der Waals surface area contributed by atoms with Crippen LogP contribution in [0.4, 0.5) is 5.69 Å². The minimum Gasteiger partial charge on any atom is -0.507 e. The lowest BCUT2D eigenvalue weighted by Gasteiger charge is -2.09. The maximum absolute atomic E-state index is 10.4. The molecule has 0 saturated heterocycles. The number of aromatic nitrogens is 1. The quantitative estimate of drug-likeness (QED) is 0.275. The van der Waals surface area contributed by atoms with Gasteiger partial charge < -0.3 is 19.4 Å². The number of hydrogen-bond donors (Lipinski definition) is 2. The molecule has 0 bridgehead atoms. The van der Waals surface area contributed by atoms with E-state index < -0.39 is 0 Å². The number of aliphatic imine (C=N–C) groups is 1. The molecule has 1 aromatic heterocycles. The molecular formula is C23H18Br2N2O4. The van der Waals surface area contributed by atoms with Crippen molar-refractivity contribution >= 4 is 54.9 Å². The molecule has 1 heterocycles. The van der Waals surface area contributed by atoms with Gasteiger partial charge in [-0.25, -0.2) is 4.98 Å². The topological polar surface area (TPSA) is 88.1 Å². The maximum atomic E-state index is 10.4. The highest BCUT2D eigenvalue weighted by Crippen LogP contribution is 2.40.